The van der Waals surface area contributed by atoms with E-state index in [-0.39, 0.29) is 0 Å². The number of nitrogens with one attached hydrogen (secondary N) is 2. The summed E-state index contributed by atoms with van der Waals surface area (Å²) in [5, 5.41) is 11.9. The molecule has 0 saturated carbocycles. The molecule has 5 rings (SSSR count). The van der Waals surface area contributed by atoms with Crippen LogP contribution in [0.4, 0.5) is 11.4 Å². The molecule has 2 N–H and O–H groups in total. The Balaban J connectivity index is 1.24. The van der Waals surface area contributed by atoms with Gasteiger partial charge in [0.1, 0.15) is 5.75 Å². The van der Waals surface area contributed by atoms with Crippen LogP contribution in [0.2, 0.25) is 0 Å². The van der Waals surface area contributed by atoms with Crippen molar-refractivity contribution in [1.82, 2.24) is 9.97 Å². The number of ether oxygens (including phenoxy) is 1. The van der Waals surface area contributed by atoms with Crippen LogP contribution in [-0.4, -0.2) is 29.7 Å². The molecule has 2 aromatic heterocycles. The first-order valence-electron chi connectivity index (χ1n) is 11.4. The van der Waals surface area contributed by atoms with Gasteiger partial charge in [0.2, 0.25) is 0 Å². The summed E-state index contributed by atoms with van der Waals surface area (Å²) in [5.41, 5.74) is 4.14. The van der Waals surface area contributed by atoms with Crippen molar-refractivity contribution in [2.75, 3.05) is 24.3 Å². The van der Waals surface area contributed by atoms with Gasteiger partial charge in [-0.25, -0.2) is 0 Å². The molecule has 0 spiro atoms. The van der Waals surface area contributed by atoms with Gasteiger partial charge in [-0.3, -0.25) is 9.97 Å². The average Bonchev–Trinajstić information content (AvgIpc) is 2.85. The molecule has 5 heteroatoms. The zero-order valence-corrected chi connectivity index (χ0v) is 19.0. The lowest BCUT2D eigenvalue weighted by Crippen LogP contribution is -2.17. The predicted octanol–water partition coefficient (Wildman–Crippen LogP) is 6.64. The van der Waals surface area contributed by atoms with Gasteiger partial charge in [-0.05, 0) is 60.9 Å². The Labute approximate surface area is 193 Å². The molecular weight excluding hydrogens is 408 g/mol. The van der Waals surface area contributed by atoms with Gasteiger partial charge in [0.05, 0.1) is 23.8 Å². The second-order valence-electron chi connectivity index (χ2n) is 8.44. The normalized spacial score (nSPS) is 12.2. The molecule has 5 aromatic rings. The fraction of sp³-hybridized carbons (Fsp3) is 0.214. The van der Waals surface area contributed by atoms with Crippen LogP contribution in [0.3, 0.4) is 0 Å². The number of rotatable bonds is 8. The Morgan fingerprint density at radius 2 is 1.67 bits per heavy atom. The summed E-state index contributed by atoms with van der Waals surface area (Å²) < 4.78 is 5.45. The topological polar surface area (TPSA) is 59.1 Å². The molecule has 0 amide bonds. The van der Waals surface area contributed by atoms with Gasteiger partial charge >= 0.3 is 0 Å². The molecule has 0 aliphatic rings. The Morgan fingerprint density at radius 1 is 0.848 bits per heavy atom. The highest BCUT2D eigenvalue weighted by molar-refractivity contribution is 6.01. The molecule has 1 atom stereocenters. The number of hydrogen-bond acceptors (Lipinski definition) is 5. The van der Waals surface area contributed by atoms with E-state index in [9.17, 15) is 0 Å². The van der Waals surface area contributed by atoms with Crippen molar-refractivity contribution in [2.24, 2.45) is 0 Å². The van der Waals surface area contributed by atoms with Gasteiger partial charge in [-0.15, -0.1) is 0 Å². The van der Waals surface area contributed by atoms with E-state index in [1.54, 1.807) is 7.11 Å². The lowest BCUT2D eigenvalue weighted by atomic mass is 10.1. The Kier molecular flexibility index (Phi) is 5.94. The van der Waals surface area contributed by atoms with Gasteiger partial charge in [0.15, 0.2) is 0 Å². The summed E-state index contributed by atoms with van der Waals surface area (Å²) in [6, 6.07) is 23.3. The maximum atomic E-state index is 5.45. The third-order valence-corrected chi connectivity index (χ3v) is 6.05. The third-order valence-electron chi connectivity index (χ3n) is 6.05. The second-order valence-corrected chi connectivity index (χ2v) is 8.44. The maximum Gasteiger partial charge on any atom is 0.121 e. The first-order valence-corrected chi connectivity index (χ1v) is 11.4. The highest BCUT2D eigenvalue weighted by Crippen LogP contribution is 2.29. The van der Waals surface area contributed by atoms with Crippen molar-refractivity contribution in [3.8, 4) is 5.75 Å². The Hall–Kier alpha value is -3.86. The van der Waals surface area contributed by atoms with Gasteiger partial charge in [-0.2, -0.15) is 0 Å². The number of benzene rings is 3. The number of methoxy groups -OCH3 is 1. The van der Waals surface area contributed by atoms with E-state index in [0.717, 1.165) is 58.3 Å². The SMILES string of the molecule is COc1cc(NCCC[C@H](C)Nc2ccnc3cc4ccccc4cc23)c2ncccc2c1. The molecule has 0 unspecified atom stereocenters. The van der Waals surface area contributed by atoms with Crippen LogP contribution >= 0.6 is 0 Å². The fourth-order valence-electron chi connectivity index (χ4n) is 4.34. The molecule has 2 heterocycles. The number of anilines is 2. The number of hydrogen-bond donors (Lipinski definition) is 2. The smallest absolute Gasteiger partial charge is 0.121 e. The number of pyridine rings is 2. The van der Waals surface area contributed by atoms with E-state index in [4.69, 9.17) is 4.74 Å². The lowest BCUT2D eigenvalue weighted by Gasteiger charge is -2.18. The van der Waals surface area contributed by atoms with E-state index in [2.05, 4.69) is 76.1 Å². The Bertz CT molecular complexity index is 1420. The highest BCUT2D eigenvalue weighted by Gasteiger charge is 2.09. The Morgan fingerprint density at radius 3 is 2.52 bits per heavy atom. The zero-order valence-electron chi connectivity index (χ0n) is 19.0. The van der Waals surface area contributed by atoms with Crippen LogP contribution in [0, 0.1) is 0 Å². The first kappa shape index (κ1) is 21.0. The molecule has 3 aromatic carbocycles. The van der Waals surface area contributed by atoms with Crippen LogP contribution in [0.25, 0.3) is 32.6 Å². The predicted molar refractivity (Wildman–Crippen MR) is 138 cm³/mol. The first-order chi connectivity index (χ1) is 16.2. The molecular formula is C28H28N4O. The minimum absolute atomic E-state index is 0.337. The van der Waals surface area contributed by atoms with E-state index in [1.165, 1.54) is 10.8 Å². The van der Waals surface area contributed by atoms with Gasteiger partial charge in [-0.1, -0.05) is 30.3 Å². The standard InChI is InChI=1S/C28H28N4O/c1-19(7-5-12-29-27-18-23(33-2)15-22-10-6-13-31-28(22)27)32-25-11-14-30-26-17-21-9-4-3-8-20(21)16-24(25)26/h3-4,6,8-11,13-19,29H,5,7,12H2,1-2H3,(H,30,32)/t19-/m0/s1. The summed E-state index contributed by atoms with van der Waals surface area (Å²) in [5.74, 6) is 0.838. The van der Waals surface area contributed by atoms with E-state index >= 15 is 0 Å². The minimum atomic E-state index is 0.337. The van der Waals surface area contributed by atoms with E-state index < -0.39 is 0 Å². The molecule has 0 aliphatic heterocycles. The lowest BCUT2D eigenvalue weighted by molar-refractivity contribution is 0.415. The summed E-state index contributed by atoms with van der Waals surface area (Å²) >= 11 is 0. The summed E-state index contributed by atoms with van der Waals surface area (Å²) in [6.45, 7) is 3.10. The van der Waals surface area contributed by atoms with E-state index in [1.807, 2.05) is 30.6 Å². The van der Waals surface area contributed by atoms with Crippen molar-refractivity contribution in [2.45, 2.75) is 25.8 Å². The average molecular weight is 437 g/mol. The maximum absolute atomic E-state index is 5.45. The molecule has 0 fully saturated rings. The number of fused-ring (bicyclic) bond motifs is 3. The third kappa shape index (κ3) is 4.53. The van der Waals surface area contributed by atoms with Crippen LogP contribution < -0.4 is 15.4 Å². The van der Waals surface area contributed by atoms with Gasteiger partial charge < -0.3 is 15.4 Å². The molecule has 33 heavy (non-hydrogen) atoms. The number of nitrogens with zero attached hydrogens (tertiary/aromatic N) is 2. The van der Waals surface area contributed by atoms with E-state index in [0.29, 0.717) is 6.04 Å². The fourth-order valence-corrected chi connectivity index (χ4v) is 4.34. The molecule has 0 saturated heterocycles. The highest BCUT2D eigenvalue weighted by atomic mass is 16.5. The molecule has 0 aliphatic carbocycles. The van der Waals surface area contributed by atoms with Crippen molar-refractivity contribution >= 4 is 44.0 Å². The van der Waals surface area contributed by atoms with Crippen molar-refractivity contribution in [3.05, 3.63) is 79.1 Å². The van der Waals surface area contributed by atoms with Gasteiger partial charge in [0, 0.05) is 47.5 Å². The minimum Gasteiger partial charge on any atom is -0.497 e. The monoisotopic (exact) mass is 436 g/mol. The van der Waals surface area contributed by atoms with Crippen molar-refractivity contribution < 1.29 is 4.74 Å². The summed E-state index contributed by atoms with van der Waals surface area (Å²) in [6.07, 6.45) is 5.79. The molecule has 0 bridgehead atoms. The zero-order chi connectivity index (χ0) is 22.6. The van der Waals surface area contributed by atoms with Crippen LogP contribution in [0.1, 0.15) is 19.8 Å². The second kappa shape index (κ2) is 9.33. The summed E-state index contributed by atoms with van der Waals surface area (Å²) in [7, 11) is 1.69. The molecule has 5 nitrogen and oxygen atoms in total. The quantitative estimate of drug-likeness (QED) is 0.211. The largest absolute Gasteiger partial charge is 0.497 e. The van der Waals surface area contributed by atoms with Crippen molar-refractivity contribution in [1.29, 1.82) is 0 Å². The van der Waals surface area contributed by atoms with Crippen LogP contribution in [0.15, 0.2) is 79.1 Å². The van der Waals surface area contributed by atoms with Crippen LogP contribution in [0.5, 0.6) is 5.75 Å². The van der Waals surface area contributed by atoms with Gasteiger partial charge in [0.25, 0.3) is 0 Å². The summed E-state index contributed by atoms with van der Waals surface area (Å²) in [4.78, 5) is 9.12. The number of aromatic nitrogens is 2. The van der Waals surface area contributed by atoms with Crippen LogP contribution in [-0.2, 0) is 0 Å². The molecule has 0 radical (unpaired) electrons. The van der Waals surface area contributed by atoms with Crippen molar-refractivity contribution in [3.63, 3.8) is 0 Å². The molecule has 166 valence electrons.